The lowest BCUT2D eigenvalue weighted by molar-refractivity contribution is -0.0571. The molecule has 2 saturated heterocycles. The van der Waals surface area contributed by atoms with E-state index < -0.39 is 41.7 Å². The highest BCUT2D eigenvalue weighted by Gasteiger charge is 2.62. The van der Waals surface area contributed by atoms with Crippen molar-refractivity contribution in [2.24, 2.45) is 0 Å². The molecule has 2 N–H and O–H groups in total. The number of nitrogen functional groups attached to an aromatic ring is 1. The second kappa shape index (κ2) is 13.2. The van der Waals surface area contributed by atoms with E-state index in [1.54, 1.807) is 6.08 Å². The number of anilines is 1. The molecule has 2 aliphatic rings. The molecule has 4 atom stereocenters. The molecule has 244 valence electrons. The molecule has 14 heteroatoms. The van der Waals surface area contributed by atoms with Crippen LogP contribution in [0.25, 0.3) is 17.2 Å². The Morgan fingerprint density at radius 1 is 1.02 bits per heavy atom. The van der Waals surface area contributed by atoms with Crippen LogP contribution in [-0.2, 0) is 22.4 Å². The van der Waals surface area contributed by atoms with Gasteiger partial charge in [-0.3, -0.25) is 4.57 Å². The molecular formula is C31H45N5O6SSi2. The zero-order chi connectivity index (χ0) is 32.7. The Hall–Kier alpha value is -2.73. The van der Waals surface area contributed by atoms with Crippen molar-refractivity contribution in [2.45, 2.75) is 102 Å². The molecule has 1 aromatic carbocycles. The van der Waals surface area contributed by atoms with Gasteiger partial charge in [0.15, 0.2) is 29.3 Å². The maximum atomic E-state index is 7.41. The highest BCUT2D eigenvalue weighted by Crippen LogP contribution is 2.49. The summed E-state index contributed by atoms with van der Waals surface area (Å²) >= 11 is 5.66. The first kappa shape index (κ1) is 33.6. The Morgan fingerprint density at radius 2 is 1.67 bits per heavy atom. The third-order valence-electron chi connectivity index (χ3n) is 8.76. The molecule has 0 aliphatic carbocycles. The maximum Gasteiger partial charge on any atom is 0.358 e. The van der Waals surface area contributed by atoms with E-state index >= 15 is 0 Å². The molecule has 0 amide bonds. The number of rotatable bonds is 8. The quantitative estimate of drug-likeness (QED) is 0.204. The molecule has 5 rings (SSSR count). The van der Waals surface area contributed by atoms with E-state index in [4.69, 9.17) is 45.1 Å². The van der Waals surface area contributed by atoms with Crippen LogP contribution in [0.5, 0.6) is 5.75 Å². The molecule has 45 heavy (non-hydrogen) atoms. The van der Waals surface area contributed by atoms with Crippen LogP contribution in [0.4, 0.5) is 5.82 Å². The van der Waals surface area contributed by atoms with Crippen LogP contribution in [0.2, 0.25) is 22.2 Å². The molecule has 11 nitrogen and oxygen atoms in total. The van der Waals surface area contributed by atoms with Crippen LogP contribution < -0.4 is 10.5 Å². The number of nitrogens with two attached hydrogens (primary N) is 1. The number of aromatic nitrogens is 4. The lowest BCUT2D eigenvalue weighted by Gasteiger charge is -2.51. The summed E-state index contributed by atoms with van der Waals surface area (Å²) in [5.74, 6) is 1.29. The summed E-state index contributed by atoms with van der Waals surface area (Å²) in [5.41, 5.74) is 7.68. The Morgan fingerprint density at radius 3 is 2.27 bits per heavy atom. The van der Waals surface area contributed by atoms with Crippen molar-refractivity contribution < 1.29 is 27.2 Å². The largest absolute Gasteiger partial charge is 0.446 e. The topological polar surface area (TPSA) is 125 Å². The first-order valence-electron chi connectivity index (χ1n) is 15.6. The fourth-order valence-electron chi connectivity index (χ4n) is 6.51. The Bertz CT molecular complexity index is 1500. The van der Waals surface area contributed by atoms with E-state index in [2.05, 4.69) is 76.9 Å². The lowest BCUT2D eigenvalue weighted by Crippen LogP contribution is -2.66. The average molecular weight is 672 g/mol. The summed E-state index contributed by atoms with van der Waals surface area (Å²) in [4.78, 5) is 13.3. The second-order valence-electron chi connectivity index (χ2n) is 12.8. The second-order valence-corrected chi connectivity index (χ2v) is 22.0. The number of para-hydroxylation sites is 1. The van der Waals surface area contributed by atoms with E-state index in [9.17, 15) is 0 Å². The number of fused-ring (bicyclic) bond motifs is 2. The van der Waals surface area contributed by atoms with E-state index in [-0.39, 0.29) is 39.8 Å². The highest BCUT2D eigenvalue weighted by atomic mass is 32.1. The summed E-state index contributed by atoms with van der Waals surface area (Å²) in [6.07, 6.45) is 0.288. The van der Waals surface area contributed by atoms with Gasteiger partial charge in [0.25, 0.3) is 0 Å². The fourth-order valence-corrected chi connectivity index (χ4v) is 17.9. The van der Waals surface area contributed by atoms with Crippen molar-refractivity contribution in [3.8, 4) is 5.75 Å². The summed E-state index contributed by atoms with van der Waals surface area (Å²) in [5, 5.41) is -0.0684. The number of ether oxygens (including phenoxy) is 3. The monoisotopic (exact) mass is 671 g/mol. The van der Waals surface area contributed by atoms with Crippen LogP contribution in [0, 0.1) is 0 Å². The third kappa shape index (κ3) is 6.09. The summed E-state index contributed by atoms with van der Waals surface area (Å²) in [7, 11) is -5.84. The number of hydrogen-bond donors (Lipinski definition) is 1. The maximum absolute atomic E-state index is 7.41. The molecule has 2 aromatic heterocycles. The predicted octanol–water partition coefficient (Wildman–Crippen LogP) is 6.65. The summed E-state index contributed by atoms with van der Waals surface area (Å²) in [6.45, 7) is 21.7. The van der Waals surface area contributed by atoms with Crippen molar-refractivity contribution in [2.75, 3.05) is 12.3 Å². The van der Waals surface area contributed by atoms with E-state index in [0.29, 0.717) is 22.7 Å². The Labute approximate surface area is 272 Å². The summed E-state index contributed by atoms with van der Waals surface area (Å²) < 4.78 is 42.9. The van der Waals surface area contributed by atoms with Crippen LogP contribution in [0.15, 0.2) is 43.2 Å². The van der Waals surface area contributed by atoms with Crippen LogP contribution in [0.1, 0.15) is 67.4 Å². The zero-order valence-electron chi connectivity index (χ0n) is 27.3. The van der Waals surface area contributed by atoms with Gasteiger partial charge in [0.1, 0.15) is 30.1 Å². The van der Waals surface area contributed by atoms with Gasteiger partial charge in [-0.2, -0.15) is 0 Å². The van der Waals surface area contributed by atoms with E-state index in [1.807, 2.05) is 34.9 Å². The molecule has 0 spiro atoms. The molecule has 4 heterocycles. The van der Waals surface area contributed by atoms with Crippen LogP contribution in [0.3, 0.4) is 0 Å². The fraction of sp³-hybridized carbons (Fsp3) is 0.548. The van der Waals surface area contributed by atoms with Gasteiger partial charge in [0.05, 0.1) is 6.61 Å². The average Bonchev–Trinajstić information content (AvgIpc) is 3.50. The van der Waals surface area contributed by atoms with Gasteiger partial charge in [-0.1, -0.05) is 80.2 Å². The number of imidazole rings is 1. The Kier molecular flexibility index (Phi) is 9.85. The smallest absolute Gasteiger partial charge is 0.358 e. The molecule has 0 saturated carbocycles. The van der Waals surface area contributed by atoms with Gasteiger partial charge >= 0.3 is 22.4 Å². The van der Waals surface area contributed by atoms with Gasteiger partial charge in [-0.15, -0.1) is 0 Å². The first-order chi connectivity index (χ1) is 21.3. The van der Waals surface area contributed by atoms with Gasteiger partial charge < -0.3 is 32.9 Å². The lowest BCUT2D eigenvalue weighted by atomic mass is 10.1. The van der Waals surface area contributed by atoms with Crippen LogP contribution in [-0.4, -0.2) is 66.8 Å². The minimum Gasteiger partial charge on any atom is -0.446 e. The zero-order valence-corrected chi connectivity index (χ0v) is 30.1. The van der Waals surface area contributed by atoms with Crippen molar-refractivity contribution in [3.63, 3.8) is 0 Å². The minimum atomic E-state index is -3.03. The number of thiocarbonyl (C=S) groups is 1. The number of nitrogens with zero attached hydrogens (tertiary/aromatic N) is 4. The molecular weight excluding hydrogens is 627 g/mol. The standard InChI is InChI=1S/C31H45N5O6SSi2/c1-10-24-35-25-28(32)33-17-34-29(25)36(24)30-27(40-31(43)38-22-14-12-11-13-15-22)26-23(39-30)16-37-44(18(2)3,19(4)5)42-45(41-26,20(6)7)21(8)9/h10-15,17-21,23,26-27,30H,1,16H2,2-9H3,(H2,32,33,34)/t23-,26-,27-,30-/m1/s1. The van der Waals surface area contributed by atoms with E-state index in [0.717, 1.165) is 0 Å². The van der Waals surface area contributed by atoms with Crippen molar-refractivity contribution in [3.05, 3.63) is 49.1 Å². The minimum absolute atomic E-state index is 0.0684. The molecule has 3 aromatic rings. The molecule has 2 fully saturated rings. The number of benzene rings is 1. The van der Waals surface area contributed by atoms with Gasteiger partial charge in [-0.25, -0.2) is 15.0 Å². The van der Waals surface area contributed by atoms with Gasteiger partial charge in [-0.05, 0) is 40.4 Å². The van der Waals surface area contributed by atoms with Crippen molar-refractivity contribution in [1.82, 2.24) is 19.5 Å². The third-order valence-corrected chi connectivity index (χ3v) is 19.2. The van der Waals surface area contributed by atoms with Gasteiger partial charge in [0, 0.05) is 12.2 Å². The van der Waals surface area contributed by atoms with Gasteiger partial charge in [0.2, 0.25) is 0 Å². The first-order valence-corrected chi connectivity index (χ1v) is 19.9. The highest BCUT2D eigenvalue weighted by molar-refractivity contribution is 7.79. The normalized spacial score (nSPS) is 24.5. The SMILES string of the molecule is C=Cc1nc2c(N)ncnc2n1[C@@H]1O[C@@H]2CO[Si](C(C)C)(C(C)C)O[Si](C(C)C)(C(C)C)O[C@H]2[C@H]1OC(=S)Oc1ccccc1. The van der Waals surface area contributed by atoms with E-state index in [1.165, 1.54) is 6.33 Å². The van der Waals surface area contributed by atoms with Crippen LogP contribution >= 0.6 is 12.2 Å². The summed E-state index contributed by atoms with van der Waals surface area (Å²) in [6, 6.07) is 9.26. The number of hydrogen-bond acceptors (Lipinski definition) is 11. The molecule has 0 unspecified atom stereocenters. The Balaban J connectivity index is 1.65. The van der Waals surface area contributed by atoms with Crippen molar-refractivity contribution >= 4 is 57.6 Å². The predicted molar refractivity (Wildman–Crippen MR) is 182 cm³/mol. The van der Waals surface area contributed by atoms with Crippen molar-refractivity contribution in [1.29, 1.82) is 0 Å². The molecule has 0 radical (unpaired) electrons. The molecule has 2 aliphatic heterocycles. The molecule has 0 bridgehead atoms.